The average molecular weight is 256 g/mol. The molecule has 19 heavy (non-hydrogen) atoms. The van der Waals surface area contributed by atoms with E-state index >= 15 is 0 Å². The highest BCUT2D eigenvalue weighted by Crippen LogP contribution is 2.27. The van der Waals surface area contributed by atoms with Crippen molar-refractivity contribution in [1.82, 2.24) is 0 Å². The second-order valence-electron chi connectivity index (χ2n) is 4.82. The van der Waals surface area contributed by atoms with E-state index in [1.807, 2.05) is 48.5 Å². The lowest BCUT2D eigenvalue weighted by Crippen LogP contribution is -2.31. The van der Waals surface area contributed by atoms with Gasteiger partial charge in [0, 0.05) is 7.11 Å². The number of hydrogen-bond acceptors (Lipinski definition) is 2. The van der Waals surface area contributed by atoms with Crippen LogP contribution in [0.15, 0.2) is 60.7 Å². The number of aliphatic hydroxyl groups is 1. The summed E-state index contributed by atoms with van der Waals surface area (Å²) >= 11 is 0. The molecule has 0 saturated carbocycles. The molecule has 1 N–H and O–H groups in total. The Morgan fingerprint density at radius 3 is 2.11 bits per heavy atom. The van der Waals surface area contributed by atoms with Gasteiger partial charge in [-0.2, -0.15) is 0 Å². The molecule has 0 aliphatic carbocycles. The van der Waals surface area contributed by atoms with Crippen molar-refractivity contribution in [2.45, 2.75) is 18.4 Å². The maximum Gasteiger partial charge on any atom is 0.113 e. The van der Waals surface area contributed by atoms with Gasteiger partial charge in [-0.25, -0.2) is 0 Å². The van der Waals surface area contributed by atoms with Crippen LogP contribution in [-0.2, 0) is 16.8 Å². The summed E-state index contributed by atoms with van der Waals surface area (Å²) in [6.45, 7) is 0.309. The molecule has 2 nitrogen and oxygen atoms in total. The minimum absolute atomic E-state index is 0.309. The molecule has 1 unspecified atom stereocenters. The van der Waals surface area contributed by atoms with E-state index in [0.717, 1.165) is 12.0 Å². The van der Waals surface area contributed by atoms with E-state index in [1.54, 1.807) is 7.11 Å². The van der Waals surface area contributed by atoms with Gasteiger partial charge in [0.15, 0.2) is 0 Å². The van der Waals surface area contributed by atoms with Gasteiger partial charge < -0.3 is 9.84 Å². The molecule has 2 rings (SSSR count). The predicted molar refractivity (Wildman–Crippen MR) is 77.0 cm³/mol. The topological polar surface area (TPSA) is 29.5 Å². The van der Waals surface area contributed by atoms with Gasteiger partial charge in [-0.15, -0.1) is 0 Å². The Morgan fingerprint density at radius 1 is 0.947 bits per heavy atom. The molecule has 0 fully saturated rings. The lowest BCUT2D eigenvalue weighted by Gasteiger charge is -2.28. The summed E-state index contributed by atoms with van der Waals surface area (Å²) in [6, 6.07) is 19.9. The summed E-state index contributed by atoms with van der Waals surface area (Å²) in [5, 5.41) is 10.8. The first-order chi connectivity index (χ1) is 9.24. The minimum Gasteiger partial charge on any atom is -0.383 e. The number of ether oxygens (including phenoxy) is 1. The van der Waals surface area contributed by atoms with E-state index in [0.29, 0.717) is 13.0 Å². The molecular formula is C17H20O2. The maximum absolute atomic E-state index is 10.8. The summed E-state index contributed by atoms with van der Waals surface area (Å²) in [7, 11) is 1.62. The summed E-state index contributed by atoms with van der Waals surface area (Å²) < 4.78 is 5.20. The van der Waals surface area contributed by atoms with Crippen LogP contribution < -0.4 is 0 Å². The first-order valence-corrected chi connectivity index (χ1v) is 6.55. The Kier molecular flexibility index (Phi) is 4.72. The fourth-order valence-electron chi connectivity index (χ4n) is 2.28. The summed E-state index contributed by atoms with van der Waals surface area (Å²) in [5.41, 5.74) is 1.21. The Balaban J connectivity index is 2.12. The largest absolute Gasteiger partial charge is 0.383 e. The molecule has 0 bridgehead atoms. The van der Waals surface area contributed by atoms with Gasteiger partial charge in [0.2, 0.25) is 0 Å². The van der Waals surface area contributed by atoms with Crippen LogP contribution in [0.1, 0.15) is 17.5 Å². The highest BCUT2D eigenvalue weighted by atomic mass is 16.5. The predicted octanol–water partition coefficient (Wildman–Crippen LogP) is 3.15. The van der Waals surface area contributed by atoms with E-state index in [1.165, 1.54) is 5.56 Å². The van der Waals surface area contributed by atoms with Crippen molar-refractivity contribution in [2.24, 2.45) is 0 Å². The molecule has 100 valence electrons. The first-order valence-electron chi connectivity index (χ1n) is 6.55. The number of benzene rings is 2. The molecule has 0 aliphatic heterocycles. The normalized spacial score (nSPS) is 14.0. The zero-order valence-electron chi connectivity index (χ0n) is 11.3. The molecule has 0 heterocycles. The monoisotopic (exact) mass is 256 g/mol. The summed E-state index contributed by atoms with van der Waals surface area (Å²) in [4.78, 5) is 0. The quantitative estimate of drug-likeness (QED) is 0.860. The van der Waals surface area contributed by atoms with Crippen LogP contribution in [0, 0.1) is 0 Å². The van der Waals surface area contributed by atoms with Gasteiger partial charge in [-0.05, 0) is 24.0 Å². The third-order valence-corrected chi connectivity index (χ3v) is 3.36. The van der Waals surface area contributed by atoms with Crippen LogP contribution in [-0.4, -0.2) is 18.8 Å². The van der Waals surface area contributed by atoms with Crippen molar-refractivity contribution >= 4 is 0 Å². The first kappa shape index (κ1) is 13.8. The van der Waals surface area contributed by atoms with E-state index < -0.39 is 5.60 Å². The van der Waals surface area contributed by atoms with Crippen molar-refractivity contribution in [3.05, 3.63) is 71.8 Å². The fourth-order valence-corrected chi connectivity index (χ4v) is 2.28. The molecular weight excluding hydrogens is 236 g/mol. The average Bonchev–Trinajstić information content (AvgIpc) is 2.48. The summed E-state index contributed by atoms with van der Waals surface area (Å²) in [6.07, 6.45) is 1.48. The van der Waals surface area contributed by atoms with E-state index in [-0.39, 0.29) is 0 Å². The second kappa shape index (κ2) is 6.50. The molecule has 2 heteroatoms. The highest BCUT2D eigenvalue weighted by molar-refractivity contribution is 5.23. The molecule has 0 radical (unpaired) electrons. The molecule has 0 aliphatic rings. The van der Waals surface area contributed by atoms with Crippen LogP contribution >= 0.6 is 0 Å². The van der Waals surface area contributed by atoms with E-state index in [4.69, 9.17) is 4.74 Å². The Hall–Kier alpha value is -1.64. The Labute approximate surface area is 114 Å². The van der Waals surface area contributed by atoms with Crippen molar-refractivity contribution in [3.63, 3.8) is 0 Å². The minimum atomic E-state index is -0.925. The molecule has 0 spiro atoms. The van der Waals surface area contributed by atoms with Gasteiger partial charge in [0.1, 0.15) is 5.60 Å². The van der Waals surface area contributed by atoms with Gasteiger partial charge in [0.05, 0.1) is 6.61 Å². The SMILES string of the molecule is COCC(O)(CCc1ccccc1)c1ccccc1. The molecule has 2 aromatic carbocycles. The zero-order valence-corrected chi connectivity index (χ0v) is 11.3. The van der Waals surface area contributed by atoms with Gasteiger partial charge in [-0.1, -0.05) is 60.7 Å². The van der Waals surface area contributed by atoms with Crippen molar-refractivity contribution in [3.8, 4) is 0 Å². The van der Waals surface area contributed by atoms with E-state index in [2.05, 4.69) is 12.1 Å². The second-order valence-corrected chi connectivity index (χ2v) is 4.82. The van der Waals surface area contributed by atoms with Crippen LogP contribution in [0.25, 0.3) is 0 Å². The molecule has 1 atom stereocenters. The Bertz CT molecular complexity index is 481. The van der Waals surface area contributed by atoms with Crippen LogP contribution in [0.4, 0.5) is 0 Å². The number of aryl methyl sites for hydroxylation is 1. The standard InChI is InChI=1S/C17H20O2/c1-19-14-17(18,16-10-6-3-7-11-16)13-12-15-8-4-2-5-9-15/h2-11,18H,12-14H2,1H3. The Morgan fingerprint density at radius 2 is 1.53 bits per heavy atom. The number of hydrogen-bond donors (Lipinski definition) is 1. The highest BCUT2D eigenvalue weighted by Gasteiger charge is 2.28. The number of rotatable bonds is 6. The van der Waals surface area contributed by atoms with Crippen LogP contribution in [0.3, 0.4) is 0 Å². The van der Waals surface area contributed by atoms with Gasteiger partial charge >= 0.3 is 0 Å². The zero-order chi connectivity index (χ0) is 13.6. The van der Waals surface area contributed by atoms with Gasteiger partial charge in [0.25, 0.3) is 0 Å². The molecule has 0 saturated heterocycles. The summed E-state index contributed by atoms with van der Waals surface area (Å²) in [5.74, 6) is 0. The third-order valence-electron chi connectivity index (χ3n) is 3.36. The van der Waals surface area contributed by atoms with Crippen molar-refractivity contribution in [1.29, 1.82) is 0 Å². The molecule has 0 aromatic heterocycles. The third kappa shape index (κ3) is 3.66. The van der Waals surface area contributed by atoms with Crippen LogP contribution in [0.5, 0.6) is 0 Å². The lowest BCUT2D eigenvalue weighted by atomic mass is 9.88. The smallest absolute Gasteiger partial charge is 0.113 e. The van der Waals surface area contributed by atoms with Crippen molar-refractivity contribution < 1.29 is 9.84 Å². The van der Waals surface area contributed by atoms with Crippen LogP contribution in [0.2, 0.25) is 0 Å². The van der Waals surface area contributed by atoms with E-state index in [9.17, 15) is 5.11 Å². The maximum atomic E-state index is 10.8. The van der Waals surface area contributed by atoms with Crippen molar-refractivity contribution in [2.75, 3.05) is 13.7 Å². The fraction of sp³-hybridized carbons (Fsp3) is 0.294. The number of methoxy groups -OCH3 is 1. The van der Waals surface area contributed by atoms with Gasteiger partial charge in [-0.3, -0.25) is 0 Å². The lowest BCUT2D eigenvalue weighted by molar-refractivity contribution is -0.0418. The molecule has 0 amide bonds. The molecule has 2 aromatic rings.